The van der Waals surface area contributed by atoms with Crippen LogP contribution in [0.1, 0.15) is 33.8 Å². The van der Waals surface area contributed by atoms with Gasteiger partial charge in [0.2, 0.25) is 0 Å². The van der Waals surface area contributed by atoms with E-state index in [-0.39, 0.29) is 11.7 Å². The average Bonchev–Trinajstić information content (AvgIpc) is 2.92. The Labute approximate surface area is 148 Å². The molecule has 2 heterocycles. The first kappa shape index (κ1) is 16.9. The maximum absolute atomic E-state index is 10.9. The molecule has 0 amide bonds. The molecule has 1 unspecified atom stereocenters. The summed E-state index contributed by atoms with van der Waals surface area (Å²) < 4.78 is 0. The van der Waals surface area contributed by atoms with Crippen LogP contribution in [0.4, 0.5) is 11.5 Å². The highest BCUT2D eigenvalue weighted by atomic mass is 32.1. The highest BCUT2D eigenvalue weighted by Crippen LogP contribution is 2.30. The lowest BCUT2D eigenvalue weighted by Crippen LogP contribution is -2.08. The number of rotatable bonds is 4. The molecule has 0 bridgehead atoms. The molecule has 1 atom stereocenters. The van der Waals surface area contributed by atoms with Gasteiger partial charge in [-0.05, 0) is 44.5 Å². The second-order valence-electron chi connectivity index (χ2n) is 5.86. The Balaban J connectivity index is 2.00. The molecule has 0 aliphatic carbocycles. The van der Waals surface area contributed by atoms with Gasteiger partial charge in [-0.3, -0.25) is 10.1 Å². The van der Waals surface area contributed by atoms with E-state index in [1.54, 1.807) is 23.5 Å². The second kappa shape index (κ2) is 6.49. The van der Waals surface area contributed by atoms with Crippen molar-refractivity contribution in [3.8, 4) is 6.07 Å². The topological polar surface area (TPSA) is 91.8 Å². The van der Waals surface area contributed by atoms with Crippen LogP contribution in [0, 0.1) is 35.3 Å². The van der Waals surface area contributed by atoms with E-state index in [9.17, 15) is 15.4 Å². The Morgan fingerprint density at radius 3 is 2.68 bits per heavy atom. The number of nitrogens with one attached hydrogen (secondary N) is 1. The number of aryl methyl sites for hydroxylation is 2. The Hall–Kier alpha value is -2.98. The van der Waals surface area contributed by atoms with E-state index in [0.717, 1.165) is 0 Å². The number of pyridine rings is 1. The summed E-state index contributed by atoms with van der Waals surface area (Å²) in [6, 6.07) is 10.3. The third-order valence-electron chi connectivity index (χ3n) is 4.03. The van der Waals surface area contributed by atoms with Gasteiger partial charge in [0, 0.05) is 27.3 Å². The Kier molecular flexibility index (Phi) is 4.38. The lowest BCUT2D eigenvalue weighted by Gasteiger charge is -2.15. The minimum atomic E-state index is -0.476. The van der Waals surface area contributed by atoms with Crippen molar-refractivity contribution in [2.45, 2.75) is 26.8 Å². The van der Waals surface area contributed by atoms with Gasteiger partial charge in [-0.1, -0.05) is 0 Å². The molecule has 0 aliphatic heterocycles. The van der Waals surface area contributed by atoms with Crippen LogP contribution in [0.5, 0.6) is 0 Å². The molecule has 0 spiro atoms. The highest BCUT2D eigenvalue weighted by molar-refractivity contribution is 7.12. The Bertz CT molecular complexity index is 1020. The number of benzene rings is 1. The molecule has 0 fully saturated rings. The van der Waals surface area contributed by atoms with Crippen LogP contribution in [0.25, 0.3) is 10.9 Å². The Morgan fingerprint density at radius 1 is 1.32 bits per heavy atom. The van der Waals surface area contributed by atoms with E-state index in [2.05, 4.69) is 36.3 Å². The first-order valence-corrected chi connectivity index (χ1v) is 8.53. The molecule has 1 aromatic carbocycles. The summed E-state index contributed by atoms with van der Waals surface area (Å²) in [6.45, 7) is 6.20. The van der Waals surface area contributed by atoms with Gasteiger partial charge in [-0.2, -0.15) is 5.26 Å². The number of nitro groups is 1. The number of thiophene rings is 1. The van der Waals surface area contributed by atoms with E-state index < -0.39 is 4.92 Å². The predicted octanol–water partition coefficient (Wildman–Crippen LogP) is 4.87. The summed E-state index contributed by atoms with van der Waals surface area (Å²) in [5.74, 6) is 0.577. The molecular weight excluding hydrogens is 336 g/mol. The van der Waals surface area contributed by atoms with Gasteiger partial charge >= 0.3 is 0 Å². The maximum atomic E-state index is 10.9. The number of nitrogens with zero attached hydrogens (tertiary/aromatic N) is 3. The normalized spacial score (nSPS) is 11.9. The first-order chi connectivity index (χ1) is 11.9. The third kappa shape index (κ3) is 3.30. The third-order valence-corrected chi connectivity index (χ3v) is 5.02. The van der Waals surface area contributed by atoms with E-state index in [0.29, 0.717) is 22.3 Å². The van der Waals surface area contributed by atoms with E-state index in [1.807, 2.05) is 6.92 Å². The molecule has 126 valence electrons. The van der Waals surface area contributed by atoms with Crippen LogP contribution in [0.3, 0.4) is 0 Å². The summed E-state index contributed by atoms with van der Waals surface area (Å²) in [6.07, 6.45) is 0. The van der Waals surface area contributed by atoms with Crippen molar-refractivity contribution in [3.05, 3.63) is 61.3 Å². The fourth-order valence-electron chi connectivity index (χ4n) is 2.87. The lowest BCUT2D eigenvalue weighted by atomic mass is 10.1. The van der Waals surface area contributed by atoms with E-state index >= 15 is 0 Å². The number of anilines is 1. The highest BCUT2D eigenvalue weighted by Gasteiger charge is 2.15. The van der Waals surface area contributed by atoms with E-state index in [4.69, 9.17) is 0 Å². The molecule has 0 aliphatic rings. The van der Waals surface area contributed by atoms with Crippen LogP contribution < -0.4 is 5.32 Å². The summed E-state index contributed by atoms with van der Waals surface area (Å²) in [5, 5.41) is 24.2. The zero-order chi connectivity index (χ0) is 18.1. The first-order valence-electron chi connectivity index (χ1n) is 7.72. The van der Waals surface area contributed by atoms with Gasteiger partial charge in [0.25, 0.3) is 5.69 Å². The fourth-order valence-corrected chi connectivity index (χ4v) is 3.90. The molecule has 0 saturated carbocycles. The summed E-state index contributed by atoms with van der Waals surface area (Å²) >= 11 is 1.75. The van der Waals surface area contributed by atoms with Gasteiger partial charge in [0.05, 0.1) is 28.1 Å². The Morgan fingerprint density at radius 2 is 2.08 bits per heavy atom. The van der Waals surface area contributed by atoms with Crippen molar-refractivity contribution in [1.29, 1.82) is 5.26 Å². The van der Waals surface area contributed by atoms with Gasteiger partial charge in [0.15, 0.2) is 0 Å². The van der Waals surface area contributed by atoms with Crippen LogP contribution in [0.15, 0.2) is 30.3 Å². The number of aromatic nitrogens is 1. The SMILES string of the molecule is Cc1cc(C(C)Nc2cc(C#N)c3cc([N+](=O)[O-])ccc3n2)c(C)s1. The number of hydrogen-bond acceptors (Lipinski definition) is 6. The molecule has 3 rings (SSSR count). The number of fused-ring (bicyclic) bond motifs is 1. The van der Waals surface area contributed by atoms with Crippen molar-refractivity contribution < 1.29 is 4.92 Å². The molecule has 1 N–H and O–H groups in total. The molecule has 0 radical (unpaired) electrons. The van der Waals surface area contributed by atoms with Crippen molar-refractivity contribution >= 4 is 33.7 Å². The second-order valence-corrected chi connectivity index (χ2v) is 7.32. The summed E-state index contributed by atoms with van der Waals surface area (Å²) in [7, 11) is 0. The number of hydrogen-bond donors (Lipinski definition) is 1. The molecule has 2 aromatic heterocycles. The van der Waals surface area contributed by atoms with Crippen molar-refractivity contribution in [2.75, 3.05) is 5.32 Å². The van der Waals surface area contributed by atoms with Gasteiger partial charge in [0.1, 0.15) is 5.82 Å². The smallest absolute Gasteiger partial charge is 0.270 e. The molecule has 7 heteroatoms. The zero-order valence-electron chi connectivity index (χ0n) is 14.0. The predicted molar refractivity (Wildman–Crippen MR) is 98.9 cm³/mol. The minimum absolute atomic E-state index is 0.0412. The molecule has 6 nitrogen and oxygen atoms in total. The van der Waals surface area contributed by atoms with Gasteiger partial charge < -0.3 is 5.32 Å². The van der Waals surface area contributed by atoms with Crippen molar-refractivity contribution in [2.24, 2.45) is 0 Å². The lowest BCUT2D eigenvalue weighted by molar-refractivity contribution is -0.384. The number of nitro benzene ring substituents is 1. The fraction of sp³-hybridized carbons (Fsp3) is 0.222. The summed E-state index contributed by atoms with van der Waals surface area (Å²) in [5.41, 5.74) is 2.06. The van der Waals surface area contributed by atoms with Crippen molar-refractivity contribution in [1.82, 2.24) is 4.98 Å². The standard InChI is InChI=1S/C18H16N4O2S/c1-10-6-15(12(3)25-10)11(2)20-18-7-13(9-19)16-8-14(22(23)24)4-5-17(16)21-18/h4-8,11H,1-3H3,(H,20,21). The number of non-ortho nitro benzene ring substituents is 1. The quantitative estimate of drug-likeness (QED) is 0.534. The van der Waals surface area contributed by atoms with Gasteiger partial charge in [-0.25, -0.2) is 4.98 Å². The van der Waals surface area contributed by atoms with E-state index in [1.165, 1.54) is 27.5 Å². The van der Waals surface area contributed by atoms with Crippen LogP contribution in [-0.4, -0.2) is 9.91 Å². The largest absolute Gasteiger partial charge is 0.363 e. The zero-order valence-corrected chi connectivity index (χ0v) is 14.8. The van der Waals surface area contributed by atoms with Crippen LogP contribution >= 0.6 is 11.3 Å². The molecule has 25 heavy (non-hydrogen) atoms. The monoisotopic (exact) mass is 352 g/mol. The summed E-state index contributed by atoms with van der Waals surface area (Å²) in [4.78, 5) is 17.5. The molecule has 0 saturated heterocycles. The van der Waals surface area contributed by atoms with Crippen molar-refractivity contribution in [3.63, 3.8) is 0 Å². The van der Waals surface area contributed by atoms with Crippen LogP contribution in [0.2, 0.25) is 0 Å². The maximum Gasteiger partial charge on any atom is 0.270 e. The average molecular weight is 352 g/mol. The number of nitriles is 1. The van der Waals surface area contributed by atoms with Crippen LogP contribution in [-0.2, 0) is 0 Å². The molecular formula is C18H16N4O2S. The van der Waals surface area contributed by atoms with Gasteiger partial charge in [-0.15, -0.1) is 11.3 Å². The molecule has 3 aromatic rings. The minimum Gasteiger partial charge on any atom is -0.363 e.